The predicted molar refractivity (Wildman–Crippen MR) is 87.9 cm³/mol. The van der Waals surface area contributed by atoms with E-state index in [1.165, 1.54) is 5.56 Å². The third-order valence-corrected chi connectivity index (χ3v) is 3.95. The Morgan fingerprint density at radius 2 is 2.00 bits per heavy atom. The molecule has 0 aromatic heterocycles. The van der Waals surface area contributed by atoms with Crippen LogP contribution in [0.4, 0.5) is 5.69 Å². The van der Waals surface area contributed by atoms with Gasteiger partial charge < -0.3 is 15.3 Å². The molecular weight excluding hydrogens is 292 g/mol. The van der Waals surface area contributed by atoms with Crippen molar-refractivity contribution < 1.29 is 14.7 Å². The lowest BCUT2D eigenvalue weighted by Crippen LogP contribution is -2.37. The van der Waals surface area contributed by atoms with Crippen LogP contribution in [-0.4, -0.2) is 17.0 Å². The second kappa shape index (κ2) is 6.52. The van der Waals surface area contributed by atoms with Gasteiger partial charge in [0.25, 0.3) is 0 Å². The lowest BCUT2D eigenvalue weighted by Gasteiger charge is -2.24. The maximum Gasteiger partial charge on any atom is 0.243 e. The summed E-state index contributed by atoms with van der Waals surface area (Å²) in [6.45, 7) is 2.08. The highest BCUT2D eigenvalue weighted by Crippen LogP contribution is 2.29. The molecule has 1 aliphatic rings. The summed E-state index contributed by atoms with van der Waals surface area (Å²) in [4.78, 5) is 12.5. The van der Waals surface area contributed by atoms with Gasteiger partial charge in [-0.25, -0.2) is 0 Å². The Labute approximate surface area is 134 Å². The maximum absolute atomic E-state index is 12.5. The Balaban J connectivity index is 1.78. The summed E-state index contributed by atoms with van der Waals surface area (Å²) in [6, 6.07) is 15.1. The first-order chi connectivity index (χ1) is 11.2. The number of ether oxygens (including phenoxy) is 1. The molecule has 0 saturated carbocycles. The Kier molecular flexibility index (Phi) is 4.28. The minimum absolute atomic E-state index is 0.0198. The molecule has 1 unspecified atom stereocenters. The summed E-state index contributed by atoms with van der Waals surface area (Å²) < 4.78 is 5.53. The first-order valence-corrected chi connectivity index (χ1v) is 7.58. The van der Waals surface area contributed by atoms with Crippen molar-refractivity contribution >= 4 is 17.5 Å². The van der Waals surface area contributed by atoms with Crippen molar-refractivity contribution in [3.05, 3.63) is 59.7 Å². The molecule has 0 bridgehead atoms. The normalized spacial score (nSPS) is 18.1. The standard InChI is InChI=1S/C18H18N2O3/c1-2-12-7-9-14(10-8-12)19-17(21)15-11-13-5-3-4-6-16(13)23-18(15)20-22/h3-10,15,22H,2,11H2,1H3,(H,19,21)/b20-18-. The predicted octanol–water partition coefficient (Wildman–Crippen LogP) is 3.23. The van der Waals surface area contributed by atoms with E-state index in [-0.39, 0.29) is 11.8 Å². The van der Waals surface area contributed by atoms with Crippen LogP contribution in [0.5, 0.6) is 5.75 Å². The Morgan fingerprint density at radius 1 is 1.26 bits per heavy atom. The fraction of sp³-hybridized carbons (Fsp3) is 0.222. The molecular formula is C18H18N2O3. The molecule has 5 heteroatoms. The topological polar surface area (TPSA) is 70.9 Å². The summed E-state index contributed by atoms with van der Waals surface area (Å²) in [5.74, 6) is -0.264. The third-order valence-electron chi connectivity index (χ3n) is 3.95. The van der Waals surface area contributed by atoms with Crippen LogP contribution in [0.3, 0.4) is 0 Å². The van der Waals surface area contributed by atoms with Crippen molar-refractivity contribution in [1.29, 1.82) is 0 Å². The van der Waals surface area contributed by atoms with Crippen molar-refractivity contribution in [3.8, 4) is 5.75 Å². The SMILES string of the molecule is CCc1ccc(NC(=O)C2Cc3ccccc3O/C2=N\O)cc1. The zero-order chi connectivity index (χ0) is 16.2. The molecule has 1 heterocycles. The number of aryl methyl sites for hydroxylation is 1. The molecule has 1 aliphatic heterocycles. The van der Waals surface area contributed by atoms with E-state index in [1.807, 2.05) is 42.5 Å². The van der Waals surface area contributed by atoms with Crippen molar-refractivity contribution in [3.63, 3.8) is 0 Å². The molecule has 2 aromatic carbocycles. The Bertz CT molecular complexity index is 738. The van der Waals surface area contributed by atoms with Gasteiger partial charge in [-0.15, -0.1) is 0 Å². The molecule has 2 N–H and O–H groups in total. The van der Waals surface area contributed by atoms with Gasteiger partial charge in [-0.05, 0) is 42.2 Å². The number of carbonyl (C=O) groups excluding carboxylic acids is 1. The average molecular weight is 310 g/mol. The monoisotopic (exact) mass is 310 g/mol. The van der Waals surface area contributed by atoms with Crippen LogP contribution in [0.15, 0.2) is 53.7 Å². The molecule has 0 saturated heterocycles. The number of anilines is 1. The van der Waals surface area contributed by atoms with E-state index < -0.39 is 5.92 Å². The van der Waals surface area contributed by atoms with E-state index in [9.17, 15) is 4.79 Å². The number of hydrogen-bond acceptors (Lipinski definition) is 4. The Hall–Kier alpha value is -2.82. The van der Waals surface area contributed by atoms with Crippen LogP contribution in [0.25, 0.3) is 0 Å². The molecule has 0 fully saturated rings. The number of fused-ring (bicyclic) bond motifs is 1. The van der Waals surface area contributed by atoms with Gasteiger partial charge in [0.2, 0.25) is 11.8 Å². The second-order valence-electron chi connectivity index (χ2n) is 5.44. The molecule has 1 atom stereocenters. The third kappa shape index (κ3) is 3.18. The van der Waals surface area contributed by atoms with Crippen LogP contribution in [0.2, 0.25) is 0 Å². The number of oxime groups is 1. The van der Waals surface area contributed by atoms with E-state index in [1.54, 1.807) is 6.07 Å². The van der Waals surface area contributed by atoms with Crippen LogP contribution in [-0.2, 0) is 17.6 Å². The van der Waals surface area contributed by atoms with Gasteiger partial charge in [-0.1, -0.05) is 42.4 Å². The highest BCUT2D eigenvalue weighted by molar-refractivity contribution is 6.07. The fourth-order valence-electron chi connectivity index (χ4n) is 2.61. The molecule has 0 spiro atoms. The van der Waals surface area contributed by atoms with Gasteiger partial charge in [0.1, 0.15) is 11.7 Å². The number of benzene rings is 2. The summed E-state index contributed by atoms with van der Waals surface area (Å²) in [6.07, 6.45) is 1.39. The number of amides is 1. The average Bonchev–Trinajstić information content (AvgIpc) is 2.61. The number of nitrogens with one attached hydrogen (secondary N) is 1. The van der Waals surface area contributed by atoms with Gasteiger partial charge in [-0.2, -0.15) is 0 Å². The van der Waals surface area contributed by atoms with Gasteiger partial charge in [-0.3, -0.25) is 4.79 Å². The largest absolute Gasteiger partial charge is 0.439 e. The first-order valence-electron chi connectivity index (χ1n) is 7.58. The summed E-state index contributed by atoms with van der Waals surface area (Å²) in [5.41, 5.74) is 2.83. The molecule has 23 heavy (non-hydrogen) atoms. The number of para-hydroxylation sites is 1. The summed E-state index contributed by atoms with van der Waals surface area (Å²) >= 11 is 0. The van der Waals surface area contributed by atoms with Crippen molar-refractivity contribution in [2.45, 2.75) is 19.8 Å². The molecule has 5 nitrogen and oxygen atoms in total. The highest BCUT2D eigenvalue weighted by Gasteiger charge is 2.33. The highest BCUT2D eigenvalue weighted by atomic mass is 16.5. The van der Waals surface area contributed by atoms with Crippen molar-refractivity contribution in [2.24, 2.45) is 11.1 Å². The molecule has 0 radical (unpaired) electrons. The minimum atomic E-state index is -0.652. The van der Waals surface area contributed by atoms with E-state index in [4.69, 9.17) is 9.94 Å². The summed E-state index contributed by atoms with van der Waals surface area (Å²) in [5, 5.41) is 15.2. The van der Waals surface area contributed by atoms with Gasteiger partial charge in [0.05, 0.1) is 0 Å². The molecule has 2 aromatic rings. The number of carbonyl (C=O) groups is 1. The molecule has 118 valence electrons. The fourth-order valence-corrected chi connectivity index (χ4v) is 2.61. The van der Waals surface area contributed by atoms with E-state index in [2.05, 4.69) is 17.4 Å². The van der Waals surface area contributed by atoms with Crippen LogP contribution in [0.1, 0.15) is 18.1 Å². The van der Waals surface area contributed by atoms with E-state index in [0.29, 0.717) is 17.9 Å². The van der Waals surface area contributed by atoms with Crippen LogP contribution in [0, 0.1) is 5.92 Å². The molecule has 0 aliphatic carbocycles. The second-order valence-corrected chi connectivity index (χ2v) is 5.44. The number of hydrogen-bond donors (Lipinski definition) is 2. The van der Waals surface area contributed by atoms with E-state index in [0.717, 1.165) is 12.0 Å². The van der Waals surface area contributed by atoms with E-state index >= 15 is 0 Å². The summed E-state index contributed by atoms with van der Waals surface area (Å²) in [7, 11) is 0. The lowest BCUT2D eigenvalue weighted by atomic mass is 9.95. The zero-order valence-electron chi connectivity index (χ0n) is 12.8. The van der Waals surface area contributed by atoms with Gasteiger partial charge in [0, 0.05) is 5.69 Å². The zero-order valence-corrected chi connectivity index (χ0v) is 12.8. The Morgan fingerprint density at radius 3 is 2.70 bits per heavy atom. The van der Waals surface area contributed by atoms with Gasteiger partial charge in [0.15, 0.2) is 0 Å². The van der Waals surface area contributed by atoms with Crippen molar-refractivity contribution in [2.75, 3.05) is 5.32 Å². The quantitative estimate of drug-likeness (QED) is 0.675. The van der Waals surface area contributed by atoms with Crippen LogP contribution < -0.4 is 10.1 Å². The maximum atomic E-state index is 12.5. The smallest absolute Gasteiger partial charge is 0.243 e. The minimum Gasteiger partial charge on any atom is -0.439 e. The number of nitrogens with zero attached hydrogens (tertiary/aromatic N) is 1. The van der Waals surface area contributed by atoms with Crippen molar-refractivity contribution in [1.82, 2.24) is 0 Å². The molecule has 1 amide bonds. The first kappa shape index (κ1) is 15.1. The number of rotatable bonds is 3. The molecule has 3 rings (SSSR count). The lowest BCUT2D eigenvalue weighted by molar-refractivity contribution is -0.118. The van der Waals surface area contributed by atoms with Crippen LogP contribution >= 0.6 is 0 Å². The van der Waals surface area contributed by atoms with Gasteiger partial charge >= 0.3 is 0 Å².